The minimum absolute atomic E-state index is 0.708. The van der Waals surface area contributed by atoms with E-state index in [4.69, 9.17) is 14.7 Å². The number of anilines is 2. The Balaban J connectivity index is 1.79. The number of benzene rings is 3. The van der Waals surface area contributed by atoms with E-state index in [-0.39, 0.29) is 0 Å². The van der Waals surface area contributed by atoms with Crippen molar-refractivity contribution < 1.29 is 4.74 Å². The zero-order chi connectivity index (χ0) is 17.9. The predicted octanol–water partition coefficient (Wildman–Crippen LogP) is 5.36. The molecule has 0 fully saturated rings. The fraction of sp³-hybridized carbons (Fsp3) is 0.0909. The summed E-state index contributed by atoms with van der Waals surface area (Å²) in [4.78, 5) is 9.52. The molecule has 4 nitrogen and oxygen atoms in total. The summed E-state index contributed by atoms with van der Waals surface area (Å²) >= 11 is 0. The largest absolute Gasteiger partial charge is 0.497 e. The molecular weight excluding hydrogens is 322 g/mol. The van der Waals surface area contributed by atoms with Gasteiger partial charge in [-0.15, -0.1) is 0 Å². The lowest BCUT2D eigenvalue weighted by molar-refractivity contribution is 0.415. The number of rotatable bonds is 4. The van der Waals surface area contributed by atoms with Gasteiger partial charge in [-0.3, -0.25) is 0 Å². The van der Waals surface area contributed by atoms with Crippen LogP contribution in [0, 0.1) is 6.92 Å². The Morgan fingerprint density at radius 3 is 2.27 bits per heavy atom. The van der Waals surface area contributed by atoms with Gasteiger partial charge in [0.15, 0.2) is 5.82 Å². The highest BCUT2D eigenvalue weighted by molar-refractivity contribution is 5.92. The number of ether oxygens (including phenoxy) is 1. The number of hydrogen-bond acceptors (Lipinski definition) is 4. The Morgan fingerprint density at radius 2 is 1.54 bits per heavy atom. The molecule has 0 saturated carbocycles. The molecule has 3 aromatic carbocycles. The molecule has 1 aromatic heterocycles. The number of aromatic nitrogens is 2. The summed E-state index contributed by atoms with van der Waals surface area (Å²) in [5, 5.41) is 4.40. The van der Waals surface area contributed by atoms with Gasteiger partial charge in [-0.25, -0.2) is 9.97 Å². The van der Waals surface area contributed by atoms with Crippen LogP contribution in [-0.4, -0.2) is 17.1 Å². The molecule has 0 aliphatic carbocycles. The summed E-state index contributed by atoms with van der Waals surface area (Å²) < 4.78 is 5.22. The number of nitrogens with zero attached hydrogens (tertiary/aromatic N) is 2. The van der Waals surface area contributed by atoms with Crippen molar-refractivity contribution in [2.75, 3.05) is 12.4 Å². The fourth-order valence-corrected chi connectivity index (χ4v) is 2.81. The van der Waals surface area contributed by atoms with E-state index >= 15 is 0 Å². The zero-order valence-corrected chi connectivity index (χ0v) is 14.7. The van der Waals surface area contributed by atoms with E-state index in [9.17, 15) is 0 Å². The second kappa shape index (κ2) is 6.84. The molecule has 4 aromatic rings. The van der Waals surface area contributed by atoms with Crippen molar-refractivity contribution in [3.05, 3.63) is 78.4 Å². The molecule has 4 heteroatoms. The van der Waals surface area contributed by atoms with Crippen LogP contribution in [0.15, 0.2) is 72.8 Å². The van der Waals surface area contributed by atoms with Crippen LogP contribution in [0.3, 0.4) is 0 Å². The summed E-state index contributed by atoms with van der Waals surface area (Å²) in [5.41, 5.74) is 4.07. The summed E-state index contributed by atoms with van der Waals surface area (Å²) in [6.07, 6.45) is 0. The Bertz CT molecular complexity index is 1040. The summed E-state index contributed by atoms with van der Waals surface area (Å²) in [6.45, 7) is 2.07. The molecule has 4 rings (SSSR count). The van der Waals surface area contributed by atoms with Crippen molar-refractivity contribution in [3.8, 4) is 17.1 Å². The van der Waals surface area contributed by atoms with Gasteiger partial charge in [0, 0.05) is 16.6 Å². The molecule has 0 unspecified atom stereocenters. The third-order valence-electron chi connectivity index (χ3n) is 4.27. The first-order chi connectivity index (χ1) is 12.7. The molecule has 1 N–H and O–H groups in total. The molecule has 0 radical (unpaired) electrons. The lowest BCUT2D eigenvalue weighted by Crippen LogP contribution is -1.99. The average Bonchev–Trinajstić information content (AvgIpc) is 2.69. The Hall–Kier alpha value is -3.40. The maximum Gasteiger partial charge on any atom is 0.162 e. The first-order valence-electron chi connectivity index (χ1n) is 8.48. The summed E-state index contributed by atoms with van der Waals surface area (Å²) in [6, 6.07) is 24.1. The Labute approximate surface area is 152 Å². The Kier molecular flexibility index (Phi) is 4.23. The summed E-state index contributed by atoms with van der Waals surface area (Å²) in [5.74, 6) is 2.32. The first-order valence-corrected chi connectivity index (χ1v) is 8.48. The maximum atomic E-state index is 5.22. The molecule has 128 valence electrons. The van der Waals surface area contributed by atoms with E-state index in [1.54, 1.807) is 7.11 Å². The standard InChI is InChI=1S/C22H19N3O/c1-15-7-9-16(10-8-15)21-24-20-6-4-3-5-19(20)22(25-21)23-17-11-13-18(26-2)14-12-17/h3-14H,1-2H3,(H,23,24,25). The monoisotopic (exact) mass is 341 g/mol. The molecule has 0 aliphatic heterocycles. The lowest BCUT2D eigenvalue weighted by atomic mass is 10.1. The van der Waals surface area contributed by atoms with Crippen molar-refractivity contribution in [2.45, 2.75) is 6.92 Å². The third-order valence-corrected chi connectivity index (χ3v) is 4.27. The molecule has 0 saturated heterocycles. The van der Waals surface area contributed by atoms with Gasteiger partial charge >= 0.3 is 0 Å². The topological polar surface area (TPSA) is 47.0 Å². The number of hydrogen-bond donors (Lipinski definition) is 1. The van der Waals surface area contributed by atoms with Crippen molar-refractivity contribution in [1.29, 1.82) is 0 Å². The van der Waals surface area contributed by atoms with Crippen LogP contribution in [0.2, 0.25) is 0 Å². The van der Waals surface area contributed by atoms with E-state index in [0.29, 0.717) is 5.82 Å². The van der Waals surface area contributed by atoms with Gasteiger partial charge in [-0.05, 0) is 43.3 Å². The van der Waals surface area contributed by atoms with Crippen LogP contribution >= 0.6 is 0 Å². The third kappa shape index (κ3) is 3.22. The van der Waals surface area contributed by atoms with Crippen LogP contribution < -0.4 is 10.1 Å². The van der Waals surface area contributed by atoms with Crippen molar-refractivity contribution >= 4 is 22.4 Å². The van der Waals surface area contributed by atoms with E-state index in [0.717, 1.165) is 33.7 Å². The highest BCUT2D eigenvalue weighted by Crippen LogP contribution is 2.28. The van der Waals surface area contributed by atoms with Gasteiger partial charge in [-0.1, -0.05) is 42.0 Å². The summed E-state index contributed by atoms with van der Waals surface area (Å²) in [7, 11) is 1.66. The first kappa shape index (κ1) is 16.1. The SMILES string of the molecule is COc1ccc(Nc2nc(-c3ccc(C)cc3)nc3ccccc23)cc1. The van der Waals surface area contributed by atoms with Crippen molar-refractivity contribution in [3.63, 3.8) is 0 Å². The van der Waals surface area contributed by atoms with Gasteiger partial charge in [0.2, 0.25) is 0 Å². The molecule has 0 atom stereocenters. The van der Waals surface area contributed by atoms with Crippen LogP contribution in [0.25, 0.3) is 22.3 Å². The van der Waals surface area contributed by atoms with E-state index in [1.165, 1.54) is 5.56 Å². The minimum Gasteiger partial charge on any atom is -0.497 e. The van der Waals surface area contributed by atoms with Gasteiger partial charge in [0.25, 0.3) is 0 Å². The second-order valence-corrected chi connectivity index (χ2v) is 6.13. The predicted molar refractivity (Wildman–Crippen MR) is 106 cm³/mol. The molecule has 0 spiro atoms. The molecule has 0 aliphatic rings. The van der Waals surface area contributed by atoms with Crippen molar-refractivity contribution in [2.24, 2.45) is 0 Å². The molecule has 0 amide bonds. The average molecular weight is 341 g/mol. The number of nitrogens with one attached hydrogen (secondary N) is 1. The molecule has 1 heterocycles. The van der Waals surface area contributed by atoms with Crippen LogP contribution in [0.5, 0.6) is 5.75 Å². The lowest BCUT2D eigenvalue weighted by Gasteiger charge is -2.11. The smallest absolute Gasteiger partial charge is 0.162 e. The van der Waals surface area contributed by atoms with E-state index in [2.05, 4.69) is 36.5 Å². The van der Waals surface area contributed by atoms with Crippen LogP contribution in [0.4, 0.5) is 11.5 Å². The van der Waals surface area contributed by atoms with Crippen molar-refractivity contribution in [1.82, 2.24) is 9.97 Å². The number of aryl methyl sites for hydroxylation is 1. The number of methoxy groups -OCH3 is 1. The fourth-order valence-electron chi connectivity index (χ4n) is 2.81. The minimum atomic E-state index is 0.708. The zero-order valence-electron chi connectivity index (χ0n) is 14.7. The number of para-hydroxylation sites is 1. The quantitative estimate of drug-likeness (QED) is 0.543. The Morgan fingerprint density at radius 1 is 0.808 bits per heavy atom. The highest BCUT2D eigenvalue weighted by atomic mass is 16.5. The van der Waals surface area contributed by atoms with Crippen LogP contribution in [-0.2, 0) is 0 Å². The van der Waals surface area contributed by atoms with Gasteiger partial charge in [0.05, 0.1) is 12.6 Å². The maximum absolute atomic E-state index is 5.22. The van der Waals surface area contributed by atoms with Gasteiger partial charge < -0.3 is 10.1 Å². The van der Waals surface area contributed by atoms with E-state index in [1.807, 2.05) is 48.5 Å². The molecular formula is C22H19N3O. The molecule has 26 heavy (non-hydrogen) atoms. The number of fused-ring (bicyclic) bond motifs is 1. The molecule has 0 bridgehead atoms. The van der Waals surface area contributed by atoms with Crippen LogP contribution in [0.1, 0.15) is 5.56 Å². The normalized spacial score (nSPS) is 10.7. The van der Waals surface area contributed by atoms with E-state index < -0.39 is 0 Å². The van der Waals surface area contributed by atoms with Gasteiger partial charge in [-0.2, -0.15) is 0 Å². The van der Waals surface area contributed by atoms with Gasteiger partial charge in [0.1, 0.15) is 11.6 Å². The highest BCUT2D eigenvalue weighted by Gasteiger charge is 2.09. The second-order valence-electron chi connectivity index (χ2n) is 6.13.